The summed E-state index contributed by atoms with van der Waals surface area (Å²) in [6.45, 7) is 4.68. The first kappa shape index (κ1) is 16.5. The normalized spacial score (nSPS) is 21.8. The number of nitrogens with two attached hydrogens (primary N) is 1. The van der Waals surface area contributed by atoms with Crippen LogP contribution in [0.25, 0.3) is 0 Å². The first-order chi connectivity index (χ1) is 8.99. The minimum atomic E-state index is -0.782. The summed E-state index contributed by atoms with van der Waals surface area (Å²) in [5, 5.41) is 8.68. The van der Waals surface area contributed by atoms with Crippen molar-refractivity contribution in [1.29, 1.82) is 0 Å². The maximum Gasteiger partial charge on any atom is 0.304 e. The summed E-state index contributed by atoms with van der Waals surface area (Å²) in [5.41, 5.74) is 5.82. The van der Waals surface area contributed by atoms with Crippen molar-refractivity contribution in [1.82, 2.24) is 0 Å². The molecule has 0 amide bonds. The van der Waals surface area contributed by atoms with Crippen LogP contribution in [0.15, 0.2) is 0 Å². The lowest BCUT2D eigenvalue weighted by atomic mass is 9.77. The number of hydrogen-bond donors (Lipinski definition) is 2. The molecule has 3 heteroatoms. The van der Waals surface area contributed by atoms with Crippen LogP contribution in [0.5, 0.6) is 0 Å². The van der Waals surface area contributed by atoms with Crippen molar-refractivity contribution in [3.63, 3.8) is 0 Å². The molecule has 0 aromatic heterocycles. The van der Waals surface area contributed by atoms with E-state index in [9.17, 15) is 4.79 Å². The van der Waals surface area contributed by atoms with Crippen LogP contribution in [-0.2, 0) is 4.79 Å². The zero-order chi connectivity index (χ0) is 14.3. The van der Waals surface area contributed by atoms with E-state index in [1.807, 2.05) is 0 Å². The Hall–Kier alpha value is -0.570. The molecule has 0 spiro atoms. The van der Waals surface area contributed by atoms with Gasteiger partial charge >= 0.3 is 5.97 Å². The Morgan fingerprint density at radius 1 is 1.21 bits per heavy atom. The van der Waals surface area contributed by atoms with Gasteiger partial charge in [0.2, 0.25) is 0 Å². The van der Waals surface area contributed by atoms with Crippen molar-refractivity contribution >= 4 is 5.97 Å². The van der Waals surface area contributed by atoms with Crippen LogP contribution < -0.4 is 5.73 Å². The first-order valence-corrected chi connectivity index (χ1v) is 7.96. The highest BCUT2D eigenvalue weighted by Gasteiger charge is 2.21. The molecule has 0 bridgehead atoms. The maximum absolute atomic E-state index is 10.6. The zero-order valence-corrected chi connectivity index (χ0v) is 12.6. The number of rotatable bonds is 8. The molecule has 19 heavy (non-hydrogen) atoms. The van der Waals surface area contributed by atoms with Gasteiger partial charge in [-0.15, -0.1) is 0 Å². The molecule has 1 unspecified atom stereocenters. The highest BCUT2D eigenvalue weighted by Crippen LogP contribution is 2.33. The Bertz CT molecular complexity index is 261. The minimum Gasteiger partial charge on any atom is -0.481 e. The molecule has 3 N–H and O–H groups in total. The van der Waals surface area contributed by atoms with E-state index >= 15 is 0 Å². The number of carboxylic acids is 1. The van der Waals surface area contributed by atoms with Crippen molar-refractivity contribution in [3.05, 3.63) is 0 Å². The van der Waals surface area contributed by atoms with Gasteiger partial charge in [0.25, 0.3) is 0 Å². The molecule has 1 fully saturated rings. The van der Waals surface area contributed by atoms with Gasteiger partial charge in [-0.05, 0) is 37.0 Å². The Morgan fingerprint density at radius 3 is 2.42 bits per heavy atom. The summed E-state index contributed by atoms with van der Waals surface area (Å²) in [7, 11) is 0. The van der Waals surface area contributed by atoms with Crippen LogP contribution >= 0.6 is 0 Å². The molecule has 0 saturated heterocycles. The van der Waals surface area contributed by atoms with E-state index in [4.69, 9.17) is 10.8 Å². The predicted molar refractivity (Wildman–Crippen MR) is 79.0 cm³/mol. The van der Waals surface area contributed by atoms with E-state index in [1.165, 1.54) is 38.5 Å². The molecule has 1 rings (SSSR count). The molecule has 0 aromatic rings. The summed E-state index contributed by atoms with van der Waals surface area (Å²) >= 11 is 0. The van der Waals surface area contributed by atoms with Crippen LogP contribution in [0.3, 0.4) is 0 Å². The van der Waals surface area contributed by atoms with E-state index in [-0.39, 0.29) is 12.5 Å². The third-order valence-electron chi connectivity index (χ3n) is 4.70. The fraction of sp³-hybridized carbons (Fsp3) is 0.938. The lowest BCUT2D eigenvalue weighted by Gasteiger charge is -2.29. The van der Waals surface area contributed by atoms with Crippen molar-refractivity contribution in [2.45, 2.75) is 77.7 Å². The predicted octanol–water partition coefficient (Wildman–Crippen LogP) is 3.81. The van der Waals surface area contributed by atoms with Gasteiger partial charge in [-0.1, -0.05) is 46.0 Å². The summed E-state index contributed by atoms with van der Waals surface area (Å²) in [5.74, 6) is 1.61. The Labute approximate surface area is 118 Å². The fourth-order valence-electron chi connectivity index (χ4n) is 3.47. The molecular formula is C16H31NO2. The van der Waals surface area contributed by atoms with Gasteiger partial charge in [0.1, 0.15) is 0 Å². The number of hydrogen-bond acceptors (Lipinski definition) is 2. The van der Waals surface area contributed by atoms with Gasteiger partial charge < -0.3 is 10.8 Å². The third kappa shape index (κ3) is 6.95. The lowest BCUT2D eigenvalue weighted by molar-refractivity contribution is -0.137. The van der Waals surface area contributed by atoms with Gasteiger partial charge in [0, 0.05) is 6.04 Å². The van der Waals surface area contributed by atoms with Crippen LogP contribution in [0.1, 0.15) is 71.6 Å². The topological polar surface area (TPSA) is 63.3 Å². The second-order valence-corrected chi connectivity index (χ2v) is 6.65. The summed E-state index contributed by atoms with van der Waals surface area (Å²) < 4.78 is 0. The molecule has 112 valence electrons. The average molecular weight is 269 g/mol. The average Bonchev–Trinajstić information content (AvgIpc) is 2.36. The number of carbonyl (C=O) groups is 1. The van der Waals surface area contributed by atoms with E-state index < -0.39 is 5.97 Å². The van der Waals surface area contributed by atoms with Gasteiger partial charge in [0.05, 0.1) is 6.42 Å². The highest BCUT2D eigenvalue weighted by molar-refractivity contribution is 5.67. The fourth-order valence-corrected chi connectivity index (χ4v) is 3.47. The van der Waals surface area contributed by atoms with E-state index in [0.29, 0.717) is 5.92 Å². The van der Waals surface area contributed by atoms with Crippen LogP contribution in [0.2, 0.25) is 0 Å². The second-order valence-electron chi connectivity index (χ2n) is 6.65. The van der Waals surface area contributed by atoms with Gasteiger partial charge in [-0.3, -0.25) is 4.79 Å². The highest BCUT2D eigenvalue weighted by atomic mass is 16.4. The van der Waals surface area contributed by atoms with Crippen LogP contribution in [0.4, 0.5) is 0 Å². The minimum absolute atomic E-state index is 0.102. The van der Waals surface area contributed by atoms with Crippen molar-refractivity contribution in [3.8, 4) is 0 Å². The Balaban J connectivity index is 2.18. The van der Waals surface area contributed by atoms with Crippen molar-refractivity contribution in [2.24, 2.45) is 23.5 Å². The SMILES string of the molecule is CC(C[C@@H](C)CC[C@H](N)CC(=O)O)C1CCCCC1. The Kier molecular flexibility index (Phi) is 7.44. The van der Waals surface area contributed by atoms with Crippen molar-refractivity contribution in [2.75, 3.05) is 0 Å². The molecule has 0 aliphatic heterocycles. The molecule has 1 aliphatic rings. The zero-order valence-electron chi connectivity index (χ0n) is 12.6. The summed E-state index contributed by atoms with van der Waals surface area (Å²) in [4.78, 5) is 10.6. The first-order valence-electron chi connectivity index (χ1n) is 7.96. The Morgan fingerprint density at radius 2 is 1.84 bits per heavy atom. The molecule has 0 aromatic carbocycles. The largest absolute Gasteiger partial charge is 0.481 e. The number of aliphatic carboxylic acids is 1. The molecule has 1 aliphatic carbocycles. The molecule has 3 nitrogen and oxygen atoms in total. The molecule has 3 atom stereocenters. The third-order valence-corrected chi connectivity index (χ3v) is 4.70. The maximum atomic E-state index is 10.6. The quantitative estimate of drug-likeness (QED) is 0.704. The van der Waals surface area contributed by atoms with Crippen LogP contribution in [0, 0.1) is 17.8 Å². The standard InChI is InChI=1S/C16H31NO2/c1-12(8-9-15(17)11-16(18)19)10-13(2)14-6-4-3-5-7-14/h12-15H,3-11,17H2,1-2H3,(H,18,19)/t12-,13?,15-/m0/s1. The molecule has 1 saturated carbocycles. The van der Waals surface area contributed by atoms with E-state index in [2.05, 4.69) is 13.8 Å². The lowest BCUT2D eigenvalue weighted by Crippen LogP contribution is -2.24. The summed E-state index contributed by atoms with van der Waals surface area (Å²) in [6.07, 6.45) is 10.3. The second kappa shape index (κ2) is 8.57. The van der Waals surface area contributed by atoms with Crippen molar-refractivity contribution < 1.29 is 9.90 Å². The molecular weight excluding hydrogens is 238 g/mol. The van der Waals surface area contributed by atoms with Crippen LogP contribution in [-0.4, -0.2) is 17.1 Å². The van der Waals surface area contributed by atoms with E-state index in [0.717, 1.165) is 24.7 Å². The van der Waals surface area contributed by atoms with Gasteiger partial charge in [-0.2, -0.15) is 0 Å². The smallest absolute Gasteiger partial charge is 0.304 e. The monoisotopic (exact) mass is 269 g/mol. The van der Waals surface area contributed by atoms with E-state index in [1.54, 1.807) is 0 Å². The molecule has 0 radical (unpaired) electrons. The number of carboxylic acid groups (broad SMARTS) is 1. The summed E-state index contributed by atoms with van der Waals surface area (Å²) in [6, 6.07) is -0.176. The molecule has 0 heterocycles. The van der Waals surface area contributed by atoms with Gasteiger partial charge in [0.15, 0.2) is 0 Å². The van der Waals surface area contributed by atoms with Gasteiger partial charge in [-0.25, -0.2) is 0 Å².